The summed E-state index contributed by atoms with van der Waals surface area (Å²) >= 11 is -1.80. The Morgan fingerprint density at radius 1 is 1.29 bits per heavy atom. The number of hydrogen-bond donors (Lipinski definition) is 1. The van der Waals surface area contributed by atoms with Gasteiger partial charge >= 0.3 is 0 Å². The summed E-state index contributed by atoms with van der Waals surface area (Å²) < 4.78 is 41.4. The minimum absolute atomic E-state index is 0.127. The van der Waals surface area contributed by atoms with Gasteiger partial charge in [0.2, 0.25) is 0 Å². The highest BCUT2D eigenvalue weighted by molar-refractivity contribution is 7.91. The molecule has 0 radical (unpaired) electrons. The lowest BCUT2D eigenvalue weighted by Gasteiger charge is -2.05. The van der Waals surface area contributed by atoms with Crippen molar-refractivity contribution in [2.75, 3.05) is 17.3 Å². The summed E-state index contributed by atoms with van der Waals surface area (Å²) in [6.45, 7) is 3.72. The van der Waals surface area contributed by atoms with Crippen molar-refractivity contribution in [1.82, 2.24) is 0 Å². The monoisotopic (exact) mass is 242 g/mol. The van der Waals surface area contributed by atoms with Crippen molar-refractivity contribution in [3.8, 4) is 0 Å². The third kappa shape index (κ3) is 8.65. The van der Waals surface area contributed by atoms with Crippen LogP contribution in [0.3, 0.4) is 0 Å². The predicted octanol–water partition coefficient (Wildman–Crippen LogP) is 1.06. The van der Waals surface area contributed by atoms with Gasteiger partial charge in [-0.2, -0.15) is 0 Å². The minimum atomic E-state index is -2.96. The molecule has 0 amide bonds. The van der Waals surface area contributed by atoms with Crippen LogP contribution in [0.25, 0.3) is 0 Å². The first kappa shape index (κ1) is 14.1. The molecule has 0 aromatic heterocycles. The molecule has 4 nitrogen and oxygen atoms in total. The maximum absolute atomic E-state index is 11.3. The highest BCUT2D eigenvalue weighted by Crippen LogP contribution is 2.04. The van der Waals surface area contributed by atoms with Crippen molar-refractivity contribution >= 4 is 20.9 Å². The predicted molar refractivity (Wildman–Crippen MR) is 58.4 cm³/mol. The van der Waals surface area contributed by atoms with Crippen LogP contribution in [-0.4, -0.2) is 34.4 Å². The summed E-state index contributed by atoms with van der Waals surface area (Å²) in [6, 6.07) is 0. The molecule has 1 unspecified atom stereocenters. The van der Waals surface area contributed by atoms with Crippen molar-refractivity contribution in [3.63, 3.8) is 0 Å². The lowest BCUT2D eigenvalue weighted by molar-refractivity contribution is 0.558. The Bertz CT molecular complexity index is 269. The van der Waals surface area contributed by atoms with Crippen molar-refractivity contribution in [1.29, 1.82) is 0 Å². The van der Waals surface area contributed by atoms with E-state index < -0.39 is 20.9 Å². The van der Waals surface area contributed by atoms with E-state index in [-0.39, 0.29) is 23.2 Å². The SMILES string of the molecule is CC(C)CS(=O)(=O)CCCCS(=O)O. The van der Waals surface area contributed by atoms with Crippen LogP contribution in [0.4, 0.5) is 0 Å². The molecule has 0 rings (SSSR count). The Hall–Kier alpha value is 0.0600. The second kappa shape index (κ2) is 6.53. The summed E-state index contributed by atoms with van der Waals surface area (Å²) in [5, 5.41) is 0. The third-order valence-electron chi connectivity index (χ3n) is 1.61. The van der Waals surface area contributed by atoms with E-state index in [2.05, 4.69) is 0 Å². The average Bonchev–Trinajstić information content (AvgIpc) is 1.95. The molecule has 0 aromatic rings. The van der Waals surface area contributed by atoms with Crippen molar-refractivity contribution in [3.05, 3.63) is 0 Å². The lowest BCUT2D eigenvalue weighted by atomic mass is 10.3. The van der Waals surface area contributed by atoms with E-state index in [1.54, 1.807) is 0 Å². The van der Waals surface area contributed by atoms with E-state index in [0.29, 0.717) is 12.8 Å². The van der Waals surface area contributed by atoms with Gasteiger partial charge in [0.1, 0.15) is 0 Å². The largest absolute Gasteiger partial charge is 0.306 e. The fourth-order valence-corrected chi connectivity index (χ4v) is 3.42. The van der Waals surface area contributed by atoms with E-state index >= 15 is 0 Å². The summed E-state index contributed by atoms with van der Waals surface area (Å²) in [6.07, 6.45) is 0.960. The Kier molecular flexibility index (Phi) is 6.55. The highest BCUT2D eigenvalue weighted by Gasteiger charge is 2.12. The van der Waals surface area contributed by atoms with Gasteiger partial charge in [0.25, 0.3) is 0 Å². The molecule has 6 heteroatoms. The van der Waals surface area contributed by atoms with E-state index in [9.17, 15) is 12.6 Å². The van der Waals surface area contributed by atoms with Crippen molar-refractivity contribution < 1.29 is 17.2 Å². The standard InChI is InChI=1S/C8H18O4S2/c1-8(2)7-14(11,12)6-4-3-5-13(9)10/h8H,3-7H2,1-2H3,(H,9,10). The van der Waals surface area contributed by atoms with Gasteiger partial charge in [-0.15, -0.1) is 0 Å². The van der Waals surface area contributed by atoms with E-state index in [0.717, 1.165) is 0 Å². The van der Waals surface area contributed by atoms with E-state index in [4.69, 9.17) is 4.55 Å². The topological polar surface area (TPSA) is 71.4 Å². The minimum Gasteiger partial charge on any atom is -0.306 e. The molecule has 0 aliphatic carbocycles. The van der Waals surface area contributed by atoms with Crippen molar-refractivity contribution in [2.24, 2.45) is 5.92 Å². The van der Waals surface area contributed by atoms with Gasteiger partial charge in [-0.05, 0) is 18.8 Å². The number of hydrogen-bond acceptors (Lipinski definition) is 3. The molecule has 0 fully saturated rings. The van der Waals surface area contributed by atoms with Gasteiger partial charge in [-0.1, -0.05) is 13.8 Å². The molecule has 0 heterocycles. The molecule has 0 saturated carbocycles. The van der Waals surface area contributed by atoms with Crippen LogP contribution in [0.5, 0.6) is 0 Å². The third-order valence-corrected chi connectivity index (χ3v) is 4.33. The fourth-order valence-electron chi connectivity index (χ4n) is 1.14. The zero-order valence-electron chi connectivity index (χ0n) is 8.60. The maximum Gasteiger partial charge on any atom is 0.152 e. The molecule has 0 aliphatic heterocycles. The number of rotatable bonds is 7. The van der Waals surface area contributed by atoms with Crippen LogP contribution in [0.1, 0.15) is 26.7 Å². The van der Waals surface area contributed by atoms with Gasteiger partial charge in [-0.25, -0.2) is 12.6 Å². The van der Waals surface area contributed by atoms with E-state index in [1.807, 2.05) is 13.8 Å². The quantitative estimate of drug-likeness (QED) is 0.535. The molecule has 86 valence electrons. The first-order valence-corrected chi connectivity index (χ1v) is 7.71. The Morgan fingerprint density at radius 2 is 1.86 bits per heavy atom. The number of unbranched alkanes of at least 4 members (excludes halogenated alkanes) is 1. The first-order chi connectivity index (χ1) is 6.33. The molecule has 14 heavy (non-hydrogen) atoms. The molecular formula is C8H18O4S2. The molecule has 1 N–H and O–H groups in total. The second-order valence-electron chi connectivity index (χ2n) is 3.74. The first-order valence-electron chi connectivity index (χ1n) is 4.61. The Balaban J connectivity index is 3.72. The molecule has 1 atom stereocenters. The summed E-state index contributed by atoms with van der Waals surface area (Å²) in [4.78, 5) is 0. The van der Waals surface area contributed by atoms with Gasteiger partial charge in [0.05, 0.1) is 11.5 Å². The van der Waals surface area contributed by atoms with Crippen LogP contribution in [-0.2, 0) is 20.9 Å². The second-order valence-corrected chi connectivity index (χ2v) is 7.02. The molecule has 0 aliphatic rings. The van der Waals surface area contributed by atoms with E-state index in [1.165, 1.54) is 0 Å². The summed E-state index contributed by atoms with van der Waals surface area (Å²) in [5.74, 6) is 0.640. The fraction of sp³-hybridized carbons (Fsp3) is 1.00. The summed E-state index contributed by atoms with van der Waals surface area (Å²) in [5.41, 5.74) is 0. The van der Waals surface area contributed by atoms with Gasteiger partial charge in [0.15, 0.2) is 20.9 Å². The zero-order valence-corrected chi connectivity index (χ0v) is 10.2. The molecule has 0 spiro atoms. The van der Waals surface area contributed by atoms with Crippen molar-refractivity contribution in [2.45, 2.75) is 26.7 Å². The molecule has 0 aromatic carbocycles. The van der Waals surface area contributed by atoms with Crippen LogP contribution in [0.15, 0.2) is 0 Å². The molecule has 0 saturated heterocycles. The van der Waals surface area contributed by atoms with Crippen LogP contribution in [0, 0.1) is 5.92 Å². The van der Waals surface area contributed by atoms with Crippen LogP contribution < -0.4 is 0 Å². The summed E-state index contributed by atoms with van der Waals surface area (Å²) in [7, 11) is -2.96. The Labute approximate surface area is 88.3 Å². The Morgan fingerprint density at radius 3 is 2.29 bits per heavy atom. The van der Waals surface area contributed by atoms with Crippen LogP contribution >= 0.6 is 0 Å². The normalized spacial score (nSPS) is 14.6. The lowest BCUT2D eigenvalue weighted by Crippen LogP contribution is -2.15. The van der Waals surface area contributed by atoms with Crippen LogP contribution in [0.2, 0.25) is 0 Å². The van der Waals surface area contributed by atoms with Gasteiger partial charge < -0.3 is 4.55 Å². The average molecular weight is 242 g/mol. The molecule has 0 bridgehead atoms. The van der Waals surface area contributed by atoms with Gasteiger partial charge in [0, 0.05) is 5.75 Å². The highest BCUT2D eigenvalue weighted by atomic mass is 32.2. The molecular weight excluding hydrogens is 224 g/mol. The maximum atomic E-state index is 11.3. The van der Waals surface area contributed by atoms with Gasteiger partial charge in [-0.3, -0.25) is 0 Å². The zero-order chi connectivity index (χ0) is 11.2. The smallest absolute Gasteiger partial charge is 0.152 e. The number of sulfone groups is 1.